The van der Waals surface area contributed by atoms with E-state index in [-0.39, 0.29) is 11.3 Å². The highest BCUT2D eigenvalue weighted by Gasteiger charge is 2.45. The van der Waals surface area contributed by atoms with Gasteiger partial charge in [-0.3, -0.25) is 9.59 Å². The third-order valence-corrected chi connectivity index (χ3v) is 6.47. The molecule has 1 amide bonds. The van der Waals surface area contributed by atoms with Crippen molar-refractivity contribution in [2.75, 3.05) is 6.54 Å². The quantitative estimate of drug-likeness (QED) is 0.214. The van der Waals surface area contributed by atoms with Crippen LogP contribution in [0.4, 0.5) is 0 Å². The molecular weight excluding hydrogens is 517 g/mol. The van der Waals surface area contributed by atoms with E-state index in [1.807, 2.05) is 67.1 Å². The number of aliphatic hydroxyl groups is 1. The molecular formula is C25H24IN3O3. The number of amides is 1. The summed E-state index contributed by atoms with van der Waals surface area (Å²) in [5.74, 6) is -1.34. The van der Waals surface area contributed by atoms with Crippen molar-refractivity contribution in [3.63, 3.8) is 0 Å². The van der Waals surface area contributed by atoms with Gasteiger partial charge in [-0.1, -0.05) is 29.8 Å². The van der Waals surface area contributed by atoms with Crippen LogP contribution < -0.4 is 0 Å². The van der Waals surface area contributed by atoms with Crippen LogP contribution in [0, 0.1) is 17.4 Å². The molecule has 7 heteroatoms. The number of rotatable bonds is 6. The van der Waals surface area contributed by atoms with Crippen molar-refractivity contribution in [3.05, 3.63) is 92.6 Å². The summed E-state index contributed by atoms with van der Waals surface area (Å²) in [6, 6.07) is 12.8. The second kappa shape index (κ2) is 9.28. The zero-order valence-corrected chi connectivity index (χ0v) is 20.1. The number of hydrogen-bond acceptors (Lipinski definition) is 4. The van der Waals surface area contributed by atoms with E-state index in [9.17, 15) is 14.7 Å². The van der Waals surface area contributed by atoms with Crippen LogP contribution in [-0.2, 0) is 16.1 Å². The summed E-state index contributed by atoms with van der Waals surface area (Å²) < 4.78 is 2.99. The minimum absolute atomic E-state index is 0.120. The Morgan fingerprint density at radius 3 is 2.53 bits per heavy atom. The third kappa shape index (κ3) is 4.34. The van der Waals surface area contributed by atoms with Crippen molar-refractivity contribution < 1.29 is 14.7 Å². The van der Waals surface area contributed by atoms with Crippen LogP contribution in [-0.4, -0.2) is 37.8 Å². The number of aryl methyl sites for hydroxylation is 3. The van der Waals surface area contributed by atoms with E-state index in [1.165, 1.54) is 0 Å². The number of carbonyl (C=O) groups is 2. The zero-order valence-electron chi connectivity index (χ0n) is 18.0. The number of halogens is 1. The number of carbonyl (C=O) groups excluding carboxylic acids is 2. The van der Waals surface area contributed by atoms with Crippen molar-refractivity contribution in [2.45, 2.75) is 32.9 Å². The van der Waals surface area contributed by atoms with Gasteiger partial charge in [0.2, 0.25) is 0 Å². The number of ketones is 1. The number of benzene rings is 2. The predicted octanol–water partition coefficient (Wildman–Crippen LogP) is 4.62. The average Bonchev–Trinajstić information content (AvgIpc) is 3.38. The third-order valence-electron chi connectivity index (χ3n) is 5.75. The summed E-state index contributed by atoms with van der Waals surface area (Å²) >= 11 is 2.22. The molecule has 1 aromatic heterocycles. The maximum absolute atomic E-state index is 13.1. The molecule has 1 N–H and O–H groups in total. The number of imidazole rings is 1. The maximum atomic E-state index is 13.1. The van der Waals surface area contributed by atoms with Gasteiger partial charge < -0.3 is 14.6 Å². The second-order valence-electron chi connectivity index (χ2n) is 8.02. The Bertz CT molecular complexity index is 1180. The highest BCUT2D eigenvalue weighted by atomic mass is 127. The first-order chi connectivity index (χ1) is 15.4. The zero-order chi connectivity index (χ0) is 22.8. The van der Waals surface area contributed by atoms with Gasteiger partial charge >= 0.3 is 0 Å². The monoisotopic (exact) mass is 541 g/mol. The molecule has 0 saturated carbocycles. The first-order valence-corrected chi connectivity index (χ1v) is 11.5. The lowest BCUT2D eigenvalue weighted by Gasteiger charge is -2.25. The molecule has 0 aliphatic carbocycles. The Labute approximate surface area is 200 Å². The summed E-state index contributed by atoms with van der Waals surface area (Å²) in [5.41, 5.74) is 3.35. The molecule has 2 aromatic carbocycles. The van der Waals surface area contributed by atoms with Crippen molar-refractivity contribution in [3.8, 4) is 0 Å². The minimum atomic E-state index is -0.644. The predicted molar refractivity (Wildman–Crippen MR) is 131 cm³/mol. The standard InChI is InChI=1S/C25H24IN3O3/c1-16-4-5-17(2)20(14-16)23(30)21-22(18-6-8-19(26)9-7-18)29(25(32)24(21)31)12-3-11-28-13-10-27-15-28/h4-10,13-15,22,30H,3,11-12H2,1-2H3. The molecule has 2 heterocycles. The van der Waals surface area contributed by atoms with E-state index in [0.29, 0.717) is 25.1 Å². The summed E-state index contributed by atoms with van der Waals surface area (Å²) in [4.78, 5) is 31.8. The lowest BCUT2D eigenvalue weighted by atomic mass is 9.93. The van der Waals surface area contributed by atoms with Gasteiger partial charge in [0.25, 0.3) is 11.7 Å². The van der Waals surface area contributed by atoms with E-state index in [0.717, 1.165) is 20.3 Å². The Kier molecular flexibility index (Phi) is 6.45. The smallest absolute Gasteiger partial charge is 0.295 e. The largest absolute Gasteiger partial charge is 0.507 e. The van der Waals surface area contributed by atoms with Gasteiger partial charge in [-0.15, -0.1) is 0 Å². The van der Waals surface area contributed by atoms with E-state index in [2.05, 4.69) is 27.6 Å². The molecule has 1 atom stereocenters. The molecule has 1 aliphatic heterocycles. The van der Waals surface area contributed by atoms with E-state index in [1.54, 1.807) is 17.4 Å². The first kappa shape index (κ1) is 22.3. The minimum Gasteiger partial charge on any atom is -0.507 e. The van der Waals surface area contributed by atoms with Crippen molar-refractivity contribution >= 4 is 40.0 Å². The topological polar surface area (TPSA) is 75.4 Å². The lowest BCUT2D eigenvalue weighted by molar-refractivity contribution is -0.139. The number of hydrogen-bond donors (Lipinski definition) is 1. The van der Waals surface area contributed by atoms with Gasteiger partial charge in [0, 0.05) is 34.6 Å². The van der Waals surface area contributed by atoms with Gasteiger partial charge in [-0.2, -0.15) is 0 Å². The molecule has 0 spiro atoms. The number of aromatic nitrogens is 2. The SMILES string of the molecule is Cc1ccc(C)c(C(O)=C2C(=O)C(=O)N(CCCn3ccnc3)C2c2ccc(I)cc2)c1. The van der Waals surface area contributed by atoms with Gasteiger partial charge in [-0.05, 0) is 72.2 Å². The molecule has 4 rings (SSSR count). The summed E-state index contributed by atoms with van der Waals surface area (Å²) in [6.07, 6.45) is 5.96. The number of likely N-dealkylation sites (tertiary alicyclic amines) is 1. The Balaban J connectivity index is 1.76. The molecule has 1 aliphatic rings. The summed E-state index contributed by atoms with van der Waals surface area (Å²) in [6.45, 7) is 4.89. The Morgan fingerprint density at radius 1 is 1.09 bits per heavy atom. The summed E-state index contributed by atoms with van der Waals surface area (Å²) in [5, 5.41) is 11.3. The van der Waals surface area contributed by atoms with Gasteiger partial charge in [0.1, 0.15) is 5.76 Å². The fourth-order valence-electron chi connectivity index (χ4n) is 4.08. The molecule has 0 bridgehead atoms. The van der Waals surface area contributed by atoms with Crippen LogP contribution in [0.5, 0.6) is 0 Å². The van der Waals surface area contributed by atoms with Crippen LogP contribution in [0.25, 0.3) is 5.76 Å². The van der Waals surface area contributed by atoms with Crippen LogP contribution in [0.1, 0.15) is 34.7 Å². The fraction of sp³-hybridized carbons (Fsp3) is 0.240. The number of aliphatic hydroxyl groups excluding tert-OH is 1. The average molecular weight is 541 g/mol. The Morgan fingerprint density at radius 2 is 1.84 bits per heavy atom. The van der Waals surface area contributed by atoms with Gasteiger partial charge in [0.15, 0.2) is 0 Å². The van der Waals surface area contributed by atoms with Crippen molar-refractivity contribution in [1.29, 1.82) is 0 Å². The second-order valence-corrected chi connectivity index (χ2v) is 9.26. The normalized spacial score (nSPS) is 17.8. The molecule has 6 nitrogen and oxygen atoms in total. The molecule has 1 fully saturated rings. The highest BCUT2D eigenvalue weighted by molar-refractivity contribution is 14.1. The van der Waals surface area contributed by atoms with E-state index >= 15 is 0 Å². The van der Waals surface area contributed by atoms with Crippen LogP contribution in [0.2, 0.25) is 0 Å². The molecule has 1 saturated heterocycles. The van der Waals surface area contributed by atoms with E-state index in [4.69, 9.17) is 0 Å². The lowest BCUT2D eigenvalue weighted by Crippen LogP contribution is -2.31. The van der Waals surface area contributed by atoms with E-state index < -0.39 is 17.7 Å². The van der Waals surface area contributed by atoms with Crippen molar-refractivity contribution in [1.82, 2.24) is 14.5 Å². The Hall–Kier alpha value is -2.94. The fourth-order valence-corrected chi connectivity index (χ4v) is 4.44. The molecule has 164 valence electrons. The molecule has 3 aromatic rings. The van der Waals surface area contributed by atoms with Crippen LogP contribution in [0.15, 0.2) is 66.8 Å². The number of Topliss-reactive ketones (excluding diaryl/α,β-unsaturated/α-hetero) is 1. The molecule has 0 radical (unpaired) electrons. The number of nitrogens with zero attached hydrogens (tertiary/aromatic N) is 3. The van der Waals surface area contributed by atoms with Crippen LogP contribution >= 0.6 is 22.6 Å². The first-order valence-electron chi connectivity index (χ1n) is 10.4. The molecule has 32 heavy (non-hydrogen) atoms. The van der Waals surface area contributed by atoms with Crippen molar-refractivity contribution in [2.24, 2.45) is 0 Å². The van der Waals surface area contributed by atoms with Gasteiger partial charge in [-0.25, -0.2) is 4.98 Å². The maximum Gasteiger partial charge on any atom is 0.295 e. The van der Waals surface area contributed by atoms with Gasteiger partial charge in [0.05, 0.1) is 17.9 Å². The molecule has 1 unspecified atom stereocenters. The van der Waals surface area contributed by atoms with Crippen LogP contribution in [0.3, 0.4) is 0 Å². The highest BCUT2D eigenvalue weighted by Crippen LogP contribution is 2.40. The summed E-state index contributed by atoms with van der Waals surface area (Å²) in [7, 11) is 0.